The molecule has 2 N–H and O–H groups in total. The minimum Gasteiger partial charge on any atom is -0.394 e. The van der Waals surface area contributed by atoms with E-state index >= 15 is 0 Å². The van der Waals surface area contributed by atoms with Gasteiger partial charge in [0.15, 0.2) is 0 Å². The summed E-state index contributed by atoms with van der Waals surface area (Å²) in [6.45, 7) is 8.84. The molecule has 2 rings (SSSR count). The summed E-state index contributed by atoms with van der Waals surface area (Å²) in [4.78, 5) is 2.32. The fourth-order valence-electron chi connectivity index (χ4n) is 2.64. The number of ether oxygens (including phenoxy) is 1. The number of nitrogens with zero attached hydrogens (tertiary/aromatic N) is 1. The van der Waals surface area contributed by atoms with Crippen molar-refractivity contribution in [3.63, 3.8) is 0 Å². The van der Waals surface area contributed by atoms with Crippen LogP contribution in [0.25, 0.3) is 0 Å². The van der Waals surface area contributed by atoms with Crippen LogP contribution in [0.3, 0.4) is 0 Å². The maximum absolute atomic E-state index is 9.40. The molecule has 1 aromatic carbocycles. The van der Waals surface area contributed by atoms with E-state index in [2.05, 4.69) is 65.1 Å². The third-order valence-electron chi connectivity index (χ3n) is 3.62. The Morgan fingerprint density at radius 3 is 2.86 bits per heavy atom. The van der Waals surface area contributed by atoms with Crippen molar-refractivity contribution >= 4 is 21.6 Å². The third kappa shape index (κ3) is 4.68. The van der Waals surface area contributed by atoms with Gasteiger partial charge in [-0.3, -0.25) is 0 Å². The summed E-state index contributed by atoms with van der Waals surface area (Å²) in [6.07, 6.45) is 0.0134. The molecule has 4 nitrogen and oxygen atoms in total. The Kier molecular flexibility index (Phi) is 6.05. The molecule has 0 aromatic heterocycles. The standard InChI is InChI=1S/C16H25BrN2O2/c1-11(2)18-7-13-4-5-14(17)6-16(13)19-8-12(3)21-15(9-19)10-20/h4-6,11-12,15,18,20H,7-10H2,1-3H3. The minimum atomic E-state index is -0.112. The summed E-state index contributed by atoms with van der Waals surface area (Å²) in [5, 5.41) is 12.9. The number of benzene rings is 1. The van der Waals surface area contributed by atoms with Crippen LogP contribution in [0.2, 0.25) is 0 Å². The van der Waals surface area contributed by atoms with Gasteiger partial charge in [-0.1, -0.05) is 35.8 Å². The SMILES string of the molecule is CC(C)NCc1ccc(Br)cc1N1CC(C)OC(CO)C1. The molecule has 1 aliphatic rings. The molecule has 1 saturated heterocycles. The zero-order valence-electron chi connectivity index (χ0n) is 13.0. The molecule has 21 heavy (non-hydrogen) atoms. The molecule has 1 heterocycles. The van der Waals surface area contributed by atoms with Crippen molar-refractivity contribution < 1.29 is 9.84 Å². The topological polar surface area (TPSA) is 44.7 Å². The van der Waals surface area contributed by atoms with Gasteiger partial charge in [0.05, 0.1) is 18.8 Å². The van der Waals surface area contributed by atoms with Crippen LogP contribution in [0.4, 0.5) is 5.69 Å². The van der Waals surface area contributed by atoms with Crippen molar-refractivity contribution in [1.29, 1.82) is 0 Å². The van der Waals surface area contributed by atoms with Gasteiger partial charge in [-0.15, -0.1) is 0 Å². The first-order valence-electron chi connectivity index (χ1n) is 7.52. The second kappa shape index (κ2) is 7.58. The van der Waals surface area contributed by atoms with Crippen LogP contribution in [-0.2, 0) is 11.3 Å². The first-order chi connectivity index (χ1) is 9.99. The van der Waals surface area contributed by atoms with E-state index in [1.165, 1.54) is 11.3 Å². The van der Waals surface area contributed by atoms with Gasteiger partial charge in [0.2, 0.25) is 0 Å². The predicted molar refractivity (Wildman–Crippen MR) is 89.8 cm³/mol. The van der Waals surface area contributed by atoms with Gasteiger partial charge in [-0.25, -0.2) is 0 Å². The van der Waals surface area contributed by atoms with Gasteiger partial charge >= 0.3 is 0 Å². The van der Waals surface area contributed by atoms with Gasteiger partial charge < -0.3 is 20.1 Å². The smallest absolute Gasteiger partial charge is 0.0984 e. The average Bonchev–Trinajstić information content (AvgIpc) is 2.45. The van der Waals surface area contributed by atoms with E-state index in [-0.39, 0.29) is 18.8 Å². The van der Waals surface area contributed by atoms with Crippen LogP contribution in [0.5, 0.6) is 0 Å². The normalized spacial score (nSPS) is 22.9. The monoisotopic (exact) mass is 356 g/mol. The first-order valence-corrected chi connectivity index (χ1v) is 8.32. The van der Waals surface area contributed by atoms with Crippen LogP contribution in [0.15, 0.2) is 22.7 Å². The summed E-state index contributed by atoms with van der Waals surface area (Å²) >= 11 is 3.56. The number of rotatable bonds is 5. The molecule has 118 valence electrons. The number of aliphatic hydroxyl groups is 1. The Morgan fingerprint density at radius 1 is 1.43 bits per heavy atom. The molecule has 0 spiro atoms. The van der Waals surface area contributed by atoms with Crippen LogP contribution in [0, 0.1) is 0 Å². The number of hydrogen-bond acceptors (Lipinski definition) is 4. The fourth-order valence-corrected chi connectivity index (χ4v) is 2.99. The third-order valence-corrected chi connectivity index (χ3v) is 4.11. The van der Waals surface area contributed by atoms with E-state index < -0.39 is 0 Å². The molecular formula is C16H25BrN2O2. The van der Waals surface area contributed by atoms with E-state index in [1.807, 2.05) is 0 Å². The highest BCUT2D eigenvalue weighted by Crippen LogP contribution is 2.28. The number of halogens is 1. The summed E-state index contributed by atoms with van der Waals surface area (Å²) < 4.78 is 6.81. The van der Waals surface area contributed by atoms with Gasteiger partial charge in [0.25, 0.3) is 0 Å². The molecule has 0 amide bonds. The van der Waals surface area contributed by atoms with Crippen molar-refractivity contribution in [2.45, 2.75) is 45.6 Å². The van der Waals surface area contributed by atoms with E-state index in [1.54, 1.807) is 0 Å². The Labute approximate surface area is 135 Å². The Balaban J connectivity index is 2.21. The lowest BCUT2D eigenvalue weighted by atomic mass is 10.1. The second-order valence-electron chi connectivity index (χ2n) is 5.96. The molecule has 0 bridgehead atoms. The van der Waals surface area contributed by atoms with Crippen molar-refractivity contribution in [2.24, 2.45) is 0 Å². The highest BCUT2D eigenvalue weighted by atomic mass is 79.9. The van der Waals surface area contributed by atoms with Crippen LogP contribution >= 0.6 is 15.9 Å². The maximum Gasteiger partial charge on any atom is 0.0984 e. The Bertz CT molecular complexity index is 468. The average molecular weight is 357 g/mol. The lowest BCUT2D eigenvalue weighted by Gasteiger charge is -2.38. The lowest BCUT2D eigenvalue weighted by molar-refractivity contribution is -0.0421. The molecular weight excluding hydrogens is 332 g/mol. The molecule has 0 aliphatic carbocycles. The van der Waals surface area contributed by atoms with Crippen LogP contribution in [0.1, 0.15) is 26.3 Å². The fraction of sp³-hybridized carbons (Fsp3) is 0.625. The first kappa shape index (κ1) is 16.7. The molecule has 2 unspecified atom stereocenters. The van der Waals surface area contributed by atoms with Crippen molar-refractivity contribution in [3.05, 3.63) is 28.2 Å². The van der Waals surface area contributed by atoms with Crippen molar-refractivity contribution in [1.82, 2.24) is 5.32 Å². The lowest BCUT2D eigenvalue weighted by Crippen LogP contribution is -2.48. The van der Waals surface area contributed by atoms with E-state index in [9.17, 15) is 5.11 Å². The van der Waals surface area contributed by atoms with E-state index in [0.717, 1.165) is 24.1 Å². The highest BCUT2D eigenvalue weighted by Gasteiger charge is 2.26. The second-order valence-corrected chi connectivity index (χ2v) is 6.88. The summed E-state index contributed by atoms with van der Waals surface area (Å²) in [5.74, 6) is 0. The van der Waals surface area contributed by atoms with Crippen molar-refractivity contribution in [3.8, 4) is 0 Å². The summed E-state index contributed by atoms with van der Waals surface area (Å²) in [5.41, 5.74) is 2.49. The van der Waals surface area contributed by atoms with Crippen LogP contribution in [-0.4, -0.2) is 43.1 Å². The zero-order valence-corrected chi connectivity index (χ0v) is 14.6. The maximum atomic E-state index is 9.40. The zero-order chi connectivity index (χ0) is 15.4. The van der Waals surface area contributed by atoms with E-state index in [4.69, 9.17) is 4.74 Å². The molecule has 0 radical (unpaired) electrons. The summed E-state index contributed by atoms with van der Waals surface area (Å²) in [6, 6.07) is 6.84. The number of aliphatic hydroxyl groups excluding tert-OH is 1. The number of nitrogens with one attached hydrogen (secondary N) is 1. The van der Waals surface area contributed by atoms with Gasteiger partial charge in [0, 0.05) is 35.8 Å². The molecule has 1 aliphatic heterocycles. The van der Waals surface area contributed by atoms with Gasteiger partial charge in [-0.05, 0) is 24.6 Å². The minimum absolute atomic E-state index is 0.0639. The predicted octanol–water partition coefficient (Wildman–Crippen LogP) is 2.53. The molecule has 5 heteroatoms. The van der Waals surface area contributed by atoms with E-state index in [0.29, 0.717) is 6.04 Å². The number of morpholine rings is 1. The Hall–Kier alpha value is -0.620. The molecule has 2 atom stereocenters. The quantitative estimate of drug-likeness (QED) is 0.850. The van der Waals surface area contributed by atoms with Crippen molar-refractivity contribution in [2.75, 3.05) is 24.6 Å². The molecule has 1 fully saturated rings. The van der Waals surface area contributed by atoms with Crippen LogP contribution < -0.4 is 10.2 Å². The summed E-state index contributed by atoms with van der Waals surface area (Å²) in [7, 11) is 0. The number of hydrogen-bond donors (Lipinski definition) is 2. The number of anilines is 1. The van der Waals surface area contributed by atoms with Gasteiger partial charge in [-0.2, -0.15) is 0 Å². The highest BCUT2D eigenvalue weighted by molar-refractivity contribution is 9.10. The van der Waals surface area contributed by atoms with Gasteiger partial charge in [0.1, 0.15) is 0 Å². The molecule has 1 aromatic rings. The Morgan fingerprint density at radius 2 is 2.19 bits per heavy atom. The largest absolute Gasteiger partial charge is 0.394 e. The molecule has 0 saturated carbocycles.